The third-order valence-electron chi connectivity index (χ3n) is 4.28. The van der Waals surface area contributed by atoms with Crippen LogP contribution in [0.1, 0.15) is 59.8 Å². The molecule has 16 heavy (non-hydrogen) atoms. The molecule has 1 aliphatic rings. The standard InChI is InChI=1S/C14H29NO/c1-6-14(4,16)11-15(5)12-7-9-13(2,3)10-8-12/h12,16H,6-11H2,1-5H3. The monoisotopic (exact) mass is 227 g/mol. The van der Waals surface area contributed by atoms with Crippen LogP contribution in [0.2, 0.25) is 0 Å². The summed E-state index contributed by atoms with van der Waals surface area (Å²) >= 11 is 0. The fourth-order valence-corrected chi connectivity index (χ4v) is 2.60. The van der Waals surface area contributed by atoms with Gasteiger partial charge in [-0.1, -0.05) is 20.8 Å². The van der Waals surface area contributed by atoms with Crippen molar-refractivity contribution in [2.45, 2.75) is 71.4 Å². The van der Waals surface area contributed by atoms with Crippen molar-refractivity contribution in [1.29, 1.82) is 0 Å². The minimum Gasteiger partial charge on any atom is -0.389 e. The molecular formula is C14H29NO. The Morgan fingerprint density at radius 2 is 1.81 bits per heavy atom. The second-order valence-electron chi connectivity index (χ2n) is 6.66. The molecule has 1 fully saturated rings. The Hall–Kier alpha value is -0.0800. The van der Waals surface area contributed by atoms with Gasteiger partial charge in [-0.25, -0.2) is 0 Å². The molecule has 0 aromatic heterocycles. The molecule has 0 spiro atoms. The summed E-state index contributed by atoms with van der Waals surface area (Å²) in [7, 11) is 2.16. The van der Waals surface area contributed by atoms with Crippen LogP contribution in [0.5, 0.6) is 0 Å². The van der Waals surface area contributed by atoms with Gasteiger partial charge in [0.25, 0.3) is 0 Å². The summed E-state index contributed by atoms with van der Waals surface area (Å²) in [5.74, 6) is 0. The quantitative estimate of drug-likeness (QED) is 0.798. The highest BCUT2D eigenvalue weighted by molar-refractivity contribution is 4.85. The molecular weight excluding hydrogens is 198 g/mol. The lowest BCUT2D eigenvalue weighted by molar-refractivity contribution is 0.00165. The van der Waals surface area contributed by atoms with Crippen LogP contribution in [0.25, 0.3) is 0 Å². The maximum Gasteiger partial charge on any atom is 0.0743 e. The summed E-state index contributed by atoms with van der Waals surface area (Å²) in [6.07, 6.45) is 6.02. The van der Waals surface area contributed by atoms with Crippen LogP contribution in [0, 0.1) is 5.41 Å². The van der Waals surface area contributed by atoms with Crippen molar-refractivity contribution >= 4 is 0 Å². The van der Waals surface area contributed by atoms with E-state index in [1.54, 1.807) is 0 Å². The van der Waals surface area contributed by atoms with Gasteiger partial charge >= 0.3 is 0 Å². The van der Waals surface area contributed by atoms with Crippen molar-refractivity contribution < 1.29 is 5.11 Å². The molecule has 0 heterocycles. The van der Waals surface area contributed by atoms with Crippen molar-refractivity contribution in [2.24, 2.45) is 5.41 Å². The molecule has 0 bridgehead atoms. The smallest absolute Gasteiger partial charge is 0.0743 e. The van der Waals surface area contributed by atoms with Gasteiger partial charge in [0.2, 0.25) is 0 Å². The predicted octanol–water partition coefficient (Wildman–Crippen LogP) is 3.05. The zero-order valence-corrected chi connectivity index (χ0v) is 11.7. The zero-order valence-electron chi connectivity index (χ0n) is 11.7. The molecule has 1 unspecified atom stereocenters. The Bertz CT molecular complexity index is 213. The number of hydrogen-bond acceptors (Lipinski definition) is 2. The first kappa shape index (κ1) is 14.0. The van der Waals surface area contributed by atoms with Gasteiger partial charge in [0.15, 0.2) is 0 Å². The largest absolute Gasteiger partial charge is 0.389 e. The summed E-state index contributed by atoms with van der Waals surface area (Å²) in [5, 5.41) is 10.1. The minimum absolute atomic E-state index is 0.526. The molecule has 0 aromatic rings. The molecule has 2 heteroatoms. The average molecular weight is 227 g/mol. The zero-order chi connectivity index (χ0) is 12.4. The molecule has 0 radical (unpaired) electrons. The van der Waals surface area contributed by atoms with E-state index in [1.165, 1.54) is 25.7 Å². The van der Waals surface area contributed by atoms with E-state index in [4.69, 9.17) is 0 Å². The van der Waals surface area contributed by atoms with Crippen LogP contribution < -0.4 is 0 Å². The summed E-state index contributed by atoms with van der Waals surface area (Å²) in [6.45, 7) is 9.53. The number of likely N-dealkylation sites (N-methyl/N-ethyl adjacent to an activating group) is 1. The number of hydrogen-bond donors (Lipinski definition) is 1. The Labute approximate surface area is 101 Å². The molecule has 1 aliphatic carbocycles. The van der Waals surface area contributed by atoms with Crippen molar-refractivity contribution in [1.82, 2.24) is 4.90 Å². The van der Waals surface area contributed by atoms with Gasteiger partial charge in [0.1, 0.15) is 0 Å². The van der Waals surface area contributed by atoms with Crippen LogP contribution in [0.15, 0.2) is 0 Å². The first-order valence-corrected chi connectivity index (χ1v) is 6.68. The van der Waals surface area contributed by atoms with E-state index in [-0.39, 0.29) is 0 Å². The number of rotatable bonds is 4. The van der Waals surface area contributed by atoms with E-state index < -0.39 is 5.60 Å². The van der Waals surface area contributed by atoms with E-state index >= 15 is 0 Å². The van der Waals surface area contributed by atoms with Gasteiger partial charge in [-0.15, -0.1) is 0 Å². The van der Waals surface area contributed by atoms with Gasteiger partial charge in [-0.05, 0) is 51.5 Å². The molecule has 0 aliphatic heterocycles. The topological polar surface area (TPSA) is 23.5 Å². The Balaban J connectivity index is 2.42. The van der Waals surface area contributed by atoms with Crippen molar-refractivity contribution in [2.75, 3.05) is 13.6 Å². The highest BCUT2D eigenvalue weighted by atomic mass is 16.3. The summed E-state index contributed by atoms with van der Waals surface area (Å²) in [5.41, 5.74) is 0.00628. The fourth-order valence-electron chi connectivity index (χ4n) is 2.60. The second kappa shape index (κ2) is 5.05. The molecule has 96 valence electrons. The predicted molar refractivity (Wildman–Crippen MR) is 69.6 cm³/mol. The van der Waals surface area contributed by atoms with Gasteiger partial charge in [0, 0.05) is 12.6 Å². The summed E-state index contributed by atoms with van der Waals surface area (Å²) in [6, 6.07) is 0.672. The molecule has 1 rings (SSSR count). The minimum atomic E-state index is -0.526. The maximum atomic E-state index is 10.1. The molecule has 0 aromatic carbocycles. The maximum absolute atomic E-state index is 10.1. The van der Waals surface area contributed by atoms with Crippen LogP contribution in [0.4, 0.5) is 0 Å². The van der Waals surface area contributed by atoms with E-state index in [9.17, 15) is 5.11 Å². The average Bonchev–Trinajstić information content (AvgIpc) is 2.16. The first-order valence-electron chi connectivity index (χ1n) is 6.68. The van der Waals surface area contributed by atoms with E-state index in [0.717, 1.165) is 13.0 Å². The lowest BCUT2D eigenvalue weighted by Crippen LogP contribution is -2.45. The SMILES string of the molecule is CCC(C)(O)CN(C)C1CCC(C)(C)CC1. The summed E-state index contributed by atoms with van der Waals surface area (Å²) in [4.78, 5) is 2.36. The third-order valence-corrected chi connectivity index (χ3v) is 4.28. The molecule has 0 saturated heterocycles. The highest BCUT2D eigenvalue weighted by Crippen LogP contribution is 2.36. The Morgan fingerprint density at radius 1 is 1.31 bits per heavy atom. The highest BCUT2D eigenvalue weighted by Gasteiger charge is 2.31. The fraction of sp³-hybridized carbons (Fsp3) is 1.00. The number of aliphatic hydroxyl groups is 1. The van der Waals surface area contributed by atoms with Gasteiger partial charge in [0.05, 0.1) is 5.60 Å². The lowest BCUT2D eigenvalue weighted by Gasteiger charge is -2.40. The van der Waals surface area contributed by atoms with E-state index in [0.29, 0.717) is 11.5 Å². The Morgan fingerprint density at radius 3 is 2.25 bits per heavy atom. The first-order chi connectivity index (χ1) is 7.26. The van der Waals surface area contributed by atoms with Crippen molar-refractivity contribution in [3.05, 3.63) is 0 Å². The lowest BCUT2D eigenvalue weighted by atomic mass is 9.75. The Kier molecular flexibility index (Phi) is 4.42. The van der Waals surface area contributed by atoms with E-state index in [2.05, 4.69) is 32.7 Å². The van der Waals surface area contributed by atoms with E-state index in [1.807, 2.05) is 6.92 Å². The van der Waals surface area contributed by atoms with Crippen LogP contribution >= 0.6 is 0 Å². The third kappa shape index (κ3) is 4.06. The van der Waals surface area contributed by atoms with Gasteiger partial charge < -0.3 is 10.0 Å². The van der Waals surface area contributed by atoms with Crippen molar-refractivity contribution in [3.63, 3.8) is 0 Å². The van der Waals surface area contributed by atoms with Gasteiger partial charge in [-0.2, -0.15) is 0 Å². The van der Waals surface area contributed by atoms with Crippen LogP contribution in [-0.2, 0) is 0 Å². The normalized spacial score (nSPS) is 25.7. The molecule has 1 atom stereocenters. The molecule has 1 saturated carbocycles. The summed E-state index contributed by atoms with van der Waals surface area (Å²) < 4.78 is 0. The number of nitrogens with zero attached hydrogens (tertiary/aromatic N) is 1. The van der Waals surface area contributed by atoms with Gasteiger partial charge in [-0.3, -0.25) is 0 Å². The molecule has 0 amide bonds. The molecule has 1 N–H and O–H groups in total. The van der Waals surface area contributed by atoms with Crippen LogP contribution in [-0.4, -0.2) is 35.2 Å². The molecule has 2 nitrogen and oxygen atoms in total. The van der Waals surface area contributed by atoms with Crippen molar-refractivity contribution in [3.8, 4) is 0 Å². The second-order valence-corrected chi connectivity index (χ2v) is 6.66. The van der Waals surface area contributed by atoms with Crippen LogP contribution in [0.3, 0.4) is 0 Å².